The zero-order valence-corrected chi connectivity index (χ0v) is 20.4. The highest BCUT2D eigenvalue weighted by molar-refractivity contribution is 7.09. The van der Waals surface area contributed by atoms with Gasteiger partial charge in [-0.15, -0.1) is 11.3 Å². The highest BCUT2D eigenvalue weighted by atomic mass is 32.1. The maximum atomic E-state index is 14.9. The van der Waals surface area contributed by atoms with E-state index in [4.69, 9.17) is 9.84 Å². The minimum absolute atomic E-state index is 0.00924. The summed E-state index contributed by atoms with van der Waals surface area (Å²) in [5, 5.41) is 11.9. The van der Waals surface area contributed by atoms with Gasteiger partial charge in [0.1, 0.15) is 11.5 Å². The Bertz CT molecular complexity index is 956. The number of piperidine rings is 1. The number of rotatable bonds is 7. The number of aromatic nitrogens is 1. The first kappa shape index (κ1) is 24.3. The van der Waals surface area contributed by atoms with Gasteiger partial charge in [0.2, 0.25) is 0 Å². The highest BCUT2D eigenvalue weighted by Gasteiger charge is 2.41. The molecule has 1 N–H and O–H groups in total. The van der Waals surface area contributed by atoms with Crippen LogP contribution in [0.2, 0.25) is 0 Å². The number of nitrogens with zero attached hydrogens (tertiary/aromatic N) is 3. The van der Waals surface area contributed by atoms with Crippen LogP contribution in [0.15, 0.2) is 23.6 Å². The van der Waals surface area contributed by atoms with E-state index in [1.165, 1.54) is 0 Å². The minimum atomic E-state index is -0.331. The number of amides is 1. The molecule has 1 aromatic carbocycles. The molecule has 0 bridgehead atoms. The Kier molecular flexibility index (Phi) is 7.79. The zero-order chi connectivity index (χ0) is 23.4. The van der Waals surface area contributed by atoms with E-state index in [1.54, 1.807) is 17.4 Å². The van der Waals surface area contributed by atoms with Crippen molar-refractivity contribution < 1.29 is 19.0 Å². The Morgan fingerprint density at radius 3 is 2.73 bits per heavy atom. The van der Waals surface area contributed by atoms with Crippen LogP contribution in [0.4, 0.5) is 4.39 Å². The number of aryl methyl sites for hydroxylation is 1. The Balaban J connectivity index is 1.35. The van der Waals surface area contributed by atoms with Crippen LogP contribution >= 0.6 is 11.3 Å². The second kappa shape index (κ2) is 10.6. The fraction of sp³-hybridized carbons (Fsp3) is 0.600. The molecule has 0 unspecified atom stereocenters. The van der Waals surface area contributed by atoms with Crippen LogP contribution in [-0.4, -0.2) is 70.8 Å². The topological polar surface area (TPSA) is 65.9 Å². The van der Waals surface area contributed by atoms with Gasteiger partial charge >= 0.3 is 0 Å². The molecule has 0 radical (unpaired) electrons. The summed E-state index contributed by atoms with van der Waals surface area (Å²) in [5.41, 5.74) is 1.58. The average molecular weight is 476 g/mol. The Morgan fingerprint density at radius 1 is 1.27 bits per heavy atom. The van der Waals surface area contributed by atoms with Crippen LogP contribution in [0.25, 0.3) is 0 Å². The third kappa shape index (κ3) is 5.62. The molecule has 0 aliphatic carbocycles. The lowest BCUT2D eigenvalue weighted by Crippen LogP contribution is -2.58. The molecule has 33 heavy (non-hydrogen) atoms. The van der Waals surface area contributed by atoms with Gasteiger partial charge < -0.3 is 14.7 Å². The second-order valence-corrected chi connectivity index (χ2v) is 10.4. The van der Waals surface area contributed by atoms with E-state index in [2.05, 4.69) is 23.7 Å². The number of carbonyl (C=O) groups is 1. The number of carbonyl (C=O) groups excluding carboxylic acids is 1. The van der Waals surface area contributed by atoms with Crippen molar-refractivity contribution in [2.45, 2.75) is 57.6 Å². The number of hydrogen-bond acceptors (Lipinski definition) is 6. The van der Waals surface area contributed by atoms with Crippen molar-refractivity contribution in [2.24, 2.45) is 0 Å². The van der Waals surface area contributed by atoms with Gasteiger partial charge in [0, 0.05) is 49.6 Å². The molecule has 1 aromatic heterocycles. The summed E-state index contributed by atoms with van der Waals surface area (Å²) in [6.07, 6.45) is 2.75. The van der Waals surface area contributed by atoms with Crippen molar-refractivity contribution in [1.29, 1.82) is 0 Å². The van der Waals surface area contributed by atoms with Gasteiger partial charge in [-0.2, -0.15) is 0 Å². The van der Waals surface area contributed by atoms with Crippen molar-refractivity contribution in [3.05, 3.63) is 51.2 Å². The Hall–Kier alpha value is -1.87. The number of aliphatic hydroxyl groups excluding tert-OH is 1. The van der Waals surface area contributed by atoms with Gasteiger partial charge in [-0.1, -0.05) is 32.0 Å². The predicted octanol–water partition coefficient (Wildman–Crippen LogP) is 3.84. The molecule has 0 atom stereocenters. The molecule has 1 spiro atoms. The van der Waals surface area contributed by atoms with Crippen LogP contribution in [-0.2, 0) is 17.7 Å². The highest BCUT2D eigenvalue weighted by Crippen LogP contribution is 2.32. The molecule has 8 heteroatoms. The van der Waals surface area contributed by atoms with Gasteiger partial charge in [-0.3, -0.25) is 9.69 Å². The maximum absolute atomic E-state index is 14.9. The zero-order valence-electron chi connectivity index (χ0n) is 19.6. The van der Waals surface area contributed by atoms with E-state index in [9.17, 15) is 9.18 Å². The lowest BCUT2D eigenvalue weighted by Gasteiger charge is -2.47. The van der Waals surface area contributed by atoms with Crippen molar-refractivity contribution in [1.82, 2.24) is 14.8 Å². The molecule has 2 aliphatic rings. The number of thiazole rings is 1. The van der Waals surface area contributed by atoms with E-state index in [0.717, 1.165) is 30.9 Å². The van der Waals surface area contributed by atoms with Gasteiger partial charge in [0.05, 0.1) is 23.8 Å². The number of aliphatic hydroxyl groups is 1. The molecule has 2 aromatic rings. The van der Waals surface area contributed by atoms with E-state index < -0.39 is 0 Å². The molecule has 2 saturated heterocycles. The molecular formula is C25H34FN3O3S. The van der Waals surface area contributed by atoms with Gasteiger partial charge in [-0.25, -0.2) is 9.37 Å². The van der Waals surface area contributed by atoms with Gasteiger partial charge in [0.15, 0.2) is 0 Å². The smallest absolute Gasteiger partial charge is 0.273 e. The first-order valence-corrected chi connectivity index (χ1v) is 12.8. The predicted molar refractivity (Wildman–Crippen MR) is 127 cm³/mol. The van der Waals surface area contributed by atoms with E-state index in [0.29, 0.717) is 61.8 Å². The molecule has 2 aliphatic heterocycles. The lowest BCUT2D eigenvalue weighted by molar-refractivity contribution is -0.128. The van der Waals surface area contributed by atoms with Gasteiger partial charge in [-0.05, 0) is 31.2 Å². The van der Waals surface area contributed by atoms with Crippen LogP contribution in [0.5, 0.6) is 0 Å². The number of likely N-dealkylation sites (tertiary alicyclic amines) is 1. The van der Waals surface area contributed by atoms with E-state index >= 15 is 0 Å². The molecule has 4 rings (SSSR count). The molecule has 6 nitrogen and oxygen atoms in total. The molecule has 1 amide bonds. The SMILES string of the molecule is CC(C)c1nc(C(=O)N2CCOC3(CCN(Cc4cccc(CCCO)c4F)CC3)C2)cs1. The number of morpholine rings is 1. The maximum Gasteiger partial charge on any atom is 0.273 e. The summed E-state index contributed by atoms with van der Waals surface area (Å²) < 4.78 is 21.1. The summed E-state index contributed by atoms with van der Waals surface area (Å²) >= 11 is 1.54. The van der Waals surface area contributed by atoms with Crippen molar-refractivity contribution >= 4 is 17.2 Å². The fourth-order valence-corrected chi connectivity index (χ4v) is 5.52. The van der Waals surface area contributed by atoms with Gasteiger partial charge in [0.25, 0.3) is 5.91 Å². The standard InChI is InChI=1S/C25H34FN3O3S/c1-18(2)23-27-21(16-33-23)24(31)29-12-14-32-25(17-29)8-10-28(11-9-25)15-20-6-3-5-19(22(20)26)7-4-13-30/h3,5-6,16,18,30H,4,7-15,17H2,1-2H3. The van der Waals surface area contributed by atoms with Crippen molar-refractivity contribution in [2.75, 3.05) is 39.4 Å². The molecule has 3 heterocycles. The third-order valence-electron chi connectivity index (χ3n) is 6.69. The first-order valence-electron chi connectivity index (χ1n) is 11.9. The Morgan fingerprint density at radius 2 is 2.03 bits per heavy atom. The quantitative estimate of drug-likeness (QED) is 0.659. The number of benzene rings is 1. The fourth-order valence-electron chi connectivity index (χ4n) is 4.71. The summed E-state index contributed by atoms with van der Waals surface area (Å²) in [5.74, 6) is 0.156. The number of halogens is 1. The summed E-state index contributed by atoms with van der Waals surface area (Å²) in [6, 6.07) is 5.54. The molecular weight excluding hydrogens is 441 g/mol. The van der Waals surface area contributed by atoms with Crippen molar-refractivity contribution in [3.8, 4) is 0 Å². The van der Waals surface area contributed by atoms with Crippen molar-refractivity contribution in [3.63, 3.8) is 0 Å². The minimum Gasteiger partial charge on any atom is -0.396 e. The second-order valence-electron chi connectivity index (χ2n) is 9.48. The molecule has 180 valence electrons. The van der Waals surface area contributed by atoms with Crippen LogP contribution in [0.3, 0.4) is 0 Å². The largest absolute Gasteiger partial charge is 0.396 e. The number of ether oxygens (including phenoxy) is 1. The third-order valence-corrected chi connectivity index (χ3v) is 7.84. The van der Waals surface area contributed by atoms with Crippen LogP contribution < -0.4 is 0 Å². The number of hydrogen-bond donors (Lipinski definition) is 1. The molecule has 2 fully saturated rings. The lowest BCUT2D eigenvalue weighted by atomic mass is 9.89. The van der Waals surface area contributed by atoms with Crippen LogP contribution in [0, 0.1) is 5.82 Å². The van der Waals surface area contributed by atoms with E-state index in [1.807, 2.05) is 22.4 Å². The first-order chi connectivity index (χ1) is 15.9. The summed E-state index contributed by atoms with van der Waals surface area (Å²) in [4.78, 5) is 21.8. The summed E-state index contributed by atoms with van der Waals surface area (Å²) in [6.45, 7) is 8.11. The Labute approximate surface area is 199 Å². The van der Waals surface area contributed by atoms with E-state index in [-0.39, 0.29) is 23.9 Å². The van der Waals surface area contributed by atoms with Crippen LogP contribution in [0.1, 0.15) is 65.7 Å². The average Bonchev–Trinajstić information content (AvgIpc) is 3.32. The summed E-state index contributed by atoms with van der Waals surface area (Å²) in [7, 11) is 0. The monoisotopic (exact) mass is 475 g/mol. The molecule has 0 saturated carbocycles. The normalized spacial score (nSPS) is 18.9.